The zero-order chi connectivity index (χ0) is 20.5. The molecule has 3 aromatic rings. The lowest BCUT2D eigenvalue weighted by molar-refractivity contribution is -0.126. The van der Waals surface area contributed by atoms with E-state index in [1.807, 2.05) is 61.5 Å². The van der Waals surface area contributed by atoms with Crippen molar-refractivity contribution in [2.45, 2.75) is 39.3 Å². The average Bonchev–Trinajstić information content (AvgIpc) is 3.27. The number of anilines is 1. The van der Waals surface area contributed by atoms with E-state index in [4.69, 9.17) is 9.15 Å². The molecule has 0 saturated heterocycles. The van der Waals surface area contributed by atoms with Crippen LogP contribution in [0.25, 0.3) is 11.5 Å². The molecule has 2 heterocycles. The van der Waals surface area contributed by atoms with Crippen LogP contribution in [0, 0.1) is 6.92 Å². The van der Waals surface area contributed by atoms with Gasteiger partial charge < -0.3 is 14.1 Å². The maximum absolute atomic E-state index is 13.0. The summed E-state index contributed by atoms with van der Waals surface area (Å²) in [5.41, 5.74) is 2.84. The van der Waals surface area contributed by atoms with Crippen LogP contribution in [0.5, 0.6) is 0 Å². The van der Waals surface area contributed by atoms with Gasteiger partial charge >= 0.3 is 5.97 Å². The van der Waals surface area contributed by atoms with Gasteiger partial charge in [-0.2, -0.15) is 0 Å². The summed E-state index contributed by atoms with van der Waals surface area (Å²) >= 11 is 0. The predicted molar refractivity (Wildman–Crippen MR) is 109 cm³/mol. The highest BCUT2D eigenvalue weighted by Crippen LogP contribution is 2.32. The van der Waals surface area contributed by atoms with Gasteiger partial charge in [0, 0.05) is 17.3 Å². The van der Waals surface area contributed by atoms with Gasteiger partial charge in [0.2, 0.25) is 5.89 Å². The number of para-hydroxylation sites is 1. The van der Waals surface area contributed by atoms with Crippen molar-refractivity contribution in [1.29, 1.82) is 0 Å². The monoisotopic (exact) mass is 390 g/mol. The molecule has 4 rings (SSSR count). The van der Waals surface area contributed by atoms with Crippen LogP contribution in [-0.4, -0.2) is 29.0 Å². The maximum Gasteiger partial charge on any atom is 0.361 e. The lowest BCUT2D eigenvalue weighted by Crippen LogP contribution is -2.43. The molecule has 0 unspecified atom stereocenters. The smallest absolute Gasteiger partial charge is 0.361 e. The summed E-state index contributed by atoms with van der Waals surface area (Å²) in [5, 5.41) is 0. The number of esters is 1. The van der Waals surface area contributed by atoms with Gasteiger partial charge in [0.05, 0.1) is 0 Å². The number of hydrogen-bond donors (Lipinski definition) is 0. The van der Waals surface area contributed by atoms with E-state index in [-0.39, 0.29) is 17.6 Å². The van der Waals surface area contributed by atoms with Crippen LogP contribution in [-0.2, 0) is 16.0 Å². The zero-order valence-electron chi connectivity index (χ0n) is 16.6. The molecule has 1 aliphatic heterocycles. The number of benzene rings is 2. The number of carbonyl (C=O) groups is 2. The Labute approximate surface area is 169 Å². The highest BCUT2D eigenvalue weighted by atomic mass is 16.5. The van der Waals surface area contributed by atoms with Gasteiger partial charge in [0.1, 0.15) is 5.76 Å². The SMILES string of the molecule is Cc1oc(-c2ccccc2)nc1C(=O)O[C@@H](C)C(=O)N1c2ccccc2C[C@@H]1C. The highest BCUT2D eigenvalue weighted by Gasteiger charge is 2.35. The van der Waals surface area contributed by atoms with Crippen molar-refractivity contribution >= 4 is 17.6 Å². The second-order valence-corrected chi connectivity index (χ2v) is 7.23. The molecule has 29 heavy (non-hydrogen) atoms. The molecule has 0 fully saturated rings. The van der Waals surface area contributed by atoms with Crippen LogP contribution in [0.1, 0.15) is 35.7 Å². The minimum atomic E-state index is -0.938. The molecule has 148 valence electrons. The number of rotatable bonds is 4. The number of ether oxygens (including phenoxy) is 1. The second-order valence-electron chi connectivity index (χ2n) is 7.23. The molecule has 2 atom stereocenters. The molecule has 1 aromatic heterocycles. The van der Waals surface area contributed by atoms with Crippen molar-refractivity contribution in [2.24, 2.45) is 0 Å². The number of oxazole rings is 1. The molecule has 2 aromatic carbocycles. The summed E-state index contributed by atoms with van der Waals surface area (Å²) in [6.45, 7) is 5.23. The number of hydrogen-bond acceptors (Lipinski definition) is 5. The van der Waals surface area contributed by atoms with Gasteiger partial charge in [-0.1, -0.05) is 36.4 Å². The van der Waals surface area contributed by atoms with Gasteiger partial charge in [-0.05, 0) is 51.0 Å². The van der Waals surface area contributed by atoms with Gasteiger partial charge in [0.25, 0.3) is 5.91 Å². The number of aryl methyl sites for hydroxylation is 1. The number of amides is 1. The Morgan fingerprint density at radius 2 is 1.83 bits per heavy atom. The van der Waals surface area contributed by atoms with E-state index in [9.17, 15) is 9.59 Å². The number of aromatic nitrogens is 1. The molecule has 6 nitrogen and oxygen atoms in total. The minimum Gasteiger partial charge on any atom is -0.448 e. The number of fused-ring (bicyclic) bond motifs is 1. The van der Waals surface area contributed by atoms with E-state index >= 15 is 0 Å². The molecule has 1 aliphatic rings. The van der Waals surface area contributed by atoms with Crippen LogP contribution in [0.15, 0.2) is 59.0 Å². The first-order valence-corrected chi connectivity index (χ1v) is 9.60. The molecule has 1 amide bonds. The normalized spacial score (nSPS) is 16.4. The second kappa shape index (κ2) is 7.54. The maximum atomic E-state index is 13.0. The Kier molecular flexibility index (Phi) is 4.92. The fraction of sp³-hybridized carbons (Fsp3) is 0.261. The summed E-state index contributed by atoms with van der Waals surface area (Å²) in [7, 11) is 0. The van der Waals surface area contributed by atoms with Gasteiger partial charge in [0.15, 0.2) is 11.8 Å². The molecular weight excluding hydrogens is 368 g/mol. The molecule has 0 radical (unpaired) electrons. The van der Waals surface area contributed by atoms with E-state index in [1.165, 1.54) is 0 Å². The third kappa shape index (κ3) is 3.53. The average molecular weight is 390 g/mol. The van der Waals surface area contributed by atoms with Crippen LogP contribution >= 0.6 is 0 Å². The van der Waals surface area contributed by atoms with E-state index < -0.39 is 12.1 Å². The first kappa shape index (κ1) is 18.9. The topological polar surface area (TPSA) is 72.6 Å². The van der Waals surface area contributed by atoms with Crippen molar-refractivity contribution in [3.63, 3.8) is 0 Å². The highest BCUT2D eigenvalue weighted by molar-refractivity contribution is 6.00. The fourth-order valence-electron chi connectivity index (χ4n) is 3.65. The molecule has 0 aliphatic carbocycles. The van der Waals surface area contributed by atoms with E-state index in [0.717, 1.165) is 23.2 Å². The summed E-state index contributed by atoms with van der Waals surface area (Å²) in [6, 6.07) is 17.1. The quantitative estimate of drug-likeness (QED) is 0.625. The number of nitrogens with zero attached hydrogens (tertiary/aromatic N) is 2. The minimum absolute atomic E-state index is 0.0134. The van der Waals surface area contributed by atoms with Crippen LogP contribution in [0.3, 0.4) is 0 Å². The van der Waals surface area contributed by atoms with Crippen molar-refractivity contribution in [3.05, 3.63) is 71.6 Å². The third-order valence-corrected chi connectivity index (χ3v) is 5.09. The van der Waals surface area contributed by atoms with E-state index in [2.05, 4.69) is 4.98 Å². The lowest BCUT2D eigenvalue weighted by Gasteiger charge is -2.25. The Morgan fingerprint density at radius 3 is 2.59 bits per heavy atom. The Balaban J connectivity index is 1.50. The van der Waals surface area contributed by atoms with Crippen LogP contribution < -0.4 is 4.90 Å². The van der Waals surface area contributed by atoms with E-state index in [0.29, 0.717) is 11.7 Å². The first-order valence-electron chi connectivity index (χ1n) is 9.60. The van der Waals surface area contributed by atoms with Gasteiger partial charge in [-0.25, -0.2) is 9.78 Å². The van der Waals surface area contributed by atoms with Gasteiger partial charge in [-0.15, -0.1) is 0 Å². The molecule has 6 heteroatoms. The summed E-state index contributed by atoms with van der Waals surface area (Å²) < 4.78 is 11.1. The first-order chi connectivity index (χ1) is 14.0. The molecule has 0 N–H and O–H groups in total. The van der Waals surface area contributed by atoms with Crippen molar-refractivity contribution in [1.82, 2.24) is 4.98 Å². The van der Waals surface area contributed by atoms with Gasteiger partial charge in [-0.3, -0.25) is 4.79 Å². The molecule has 0 saturated carbocycles. The Bertz CT molecular complexity index is 1060. The number of carbonyl (C=O) groups excluding carboxylic acids is 2. The third-order valence-electron chi connectivity index (χ3n) is 5.09. The summed E-state index contributed by atoms with van der Waals surface area (Å²) in [5.74, 6) is -0.223. The summed E-state index contributed by atoms with van der Waals surface area (Å²) in [4.78, 5) is 31.6. The molecule has 0 spiro atoms. The van der Waals surface area contributed by atoms with Crippen molar-refractivity contribution < 1.29 is 18.7 Å². The largest absolute Gasteiger partial charge is 0.448 e. The fourth-order valence-corrected chi connectivity index (χ4v) is 3.65. The van der Waals surface area contributed by atoms with Crippen LogP contribution in [0.4, 0.5) is 5.69 Å². The summed E-state index contributed by atoms with van der Waals surface area (Å²) in [6.07, 6.45) is -0.154. The molecule has 0 bridgehead atoms. The Hall–Kier alpha value is -3.41. The molecular formula is C23H22N2O4. The lowest BCUT2D eigenvalue weighted by atomic mass is 10.1. The van der Waals surface area contributed by atoms with Crippen molar-refractivity contribution in [3.8, 4) is 11.5 Å². The van der Waals surface area contributed by atoms with E-state index in [1.54, 1.807) is 18.7 Å². The van der Waals surface area contributed by atoms with Crippen molar-refractivity contribution in [2.75, 3.05) is 4.90 Å². The zero-order valence-corrected chi connectivity index (χ0v) is 16.6. The predicted octanol–water partition coefficient (Wildman–Crippen LogP) is 4.17. The Morgan fingerprint density at radius 1 is 1.14 bits per heavy atom. The van der Waals surface area contributed by atoms with Crippen LogP contribution in [0.2, 0.25) is 0 Å². The standard InChI is InChI=1S/C23H22N2O4/c1-14-13-18-11-7-8-12-19(18)25(14)22(26)16(3)29-23(27)20-15(2)28-21(24-20)17-9-5-4-6-10-17/h4-12,14,16H,13H2,1-3H3/t14-,16-/m0/s1.